The average Bonchev–Trinajstić information content (AvgIpc) is 2.55. The molecule has 0 unspecified atom stereocenters. The molecule has 0 saturated carbocycles. The Kier molecular flexibility index (Phi) is 4.37. The van der Waals surface area contributed by atoms with E-state index in [1.165, 1.54) is 12.1 Å². The molecule has 5 nitrogen and oxygen atoms in total. The number of phenols is 1. The van der Waals surface area contributed by atoms with E-state index in [1.54, 1.807) is 12.1 Å². The number of aromatic hydroxyl groups is 1. The summed E-state index contributed by atoms with van der Waals surface area (Å²) >= 11 is 0. The summed E-state index contributed by atoms with van der Waals surface area (Å²) in [5.41, 5.74) is 1.02. The Morgan fingerprint density at radius 2 is 1.54 bits per heavy atom. The van der Waals surface area contributed by atoms with Crippen LogP contribution < -0.4 is 14.5 Å². The zero-order valence-corrected chi connectivity index (χ0v) is 12.7. The molecule has 1 aromatic heterocycles. The third-order valence-electron chi connectivity index (χ3n) is 3.77. The van der Waals surface area contributed by atoms with E-state index < -0.39 is 6.36 Å². The van der Waals surface area contributed by atoms with Crippen molar-refractivity contribution in [3.8, 4) is 11.5 Å². The fourth-order valence-electron chi connectivity index (χ4n) is 2.61. The van der Waals surface area contributed by atoms with Crippen LogP contribution in [-0.2, 0) is 0 Å². The van der Waals surface area contributed by atoms with Crippen molar-refractivity contribution in [3.63, 3.8) is 0 Å². The first kappa shape index (κ1) is 16.2. The number of phenolic OH excluding ortho intramolecular Hbond substituents is 1. The monoisotopic (exact) mass is 339 g/mol. The predicted octanol–water partition coefficient (Wildman–Crippen LogP) is 3.01. The minimum Gasteiger partial charge on any atom is -0.508 e. The fourth-order valence-corrected chi connectivity index (χ4v) is 2.61. The first-order valence-corrected chi connectivity index (χ1v) is 7.41. The summed E-state index contributed by atoms with van der Waals surface area (Å²) in [6, 6.07) is 9.78. The first-order valence-electron chi connectivity index (χ1n) is 7.41. The van der Waals surface area contributed by atoms with Crippen molar-refractivity contribution in [3.05, 3.63) is 42.6 Å². The Bertz CT molecular complexity index is 666. The van der Waals surface area contributed by atoms with Gasteiger partial charge in [0.15, 0.2) is 0 Å². The molecule has 2 aromatic rings. The van der Waals surface area contributed by atoms with E-state index in [2.05, 4.69) is 14.6 Å². The number of ether oxygens (including phenoxy) is 1. The maximum atomic E-state index is 12.1. The number of anilines is 2. The summed E-state index contributed by atoms with van der Waals surface area (Å²) < 4.78 is 40.3. The van der Waals surface area contributed by atoms with E-state index in [-0.39, 0.29) is 11.5 Å². The largest absolute Gasteiger partial charge is 0.573 e. The van der Waals surface area contributed by atoms with Gasteiger partial charge in [-0.15, -0.1) is 13.2 Å². The maximum Gasteiger partial charge on any atom is 0.573 e. The van der Waals surface area contributed by atoms with E-state index in [0.717, 1.165) is 25.0 Å². The van der Waals surface area contributed by atoms with Crippen LogP contribution in [0.2, 0.25) is 0 Å². The lowest BCUT2D eigenvalue weighted by atomic mass is 10.2. The molecule has 0 amide bonds. The van der Waals surface area contributed by atoms with Gasteiger partial charge in [-0.05, 0) is 36.4 Å². The van der Waals surface area contributed by atoms with Crippen LogP contribution in [0.5, 0.6) is 11.5 Å². The van der Waals surface area contributed by atoms with Crippen LogP contribution in [0.3, 0.4) is 0 Å². The van der Waals surface area contributed by atoms with Gasteiger partial charge < -0.3 is 19.6 Å². The van der Waals surface area contributed by atoms with Gasteiger partial charge in [0.25, 0.3) is 0 Å². The zero-order chi connectivity index (χ0) is 17.2. The quantitative estimate of drug-likeness (QED) is 0.932. The molecule has 24 heavy (non-hydrogen) atoms. The lowest BCUT2D eigenvalue weighted by Crippen LogP contribution is -2.46. The van der Waals surface area contributed by atoms with Crippen LogP contribution in [-0.4, -0.2) is 42.6 Å². The third-order valence-corrected chi connectivity index (χ3v) is 3.77. The van der Waals surface area contributed by atoms with Gasteiger partial charge in [0, 0.05) is 31.9 Å². The smallest absolute Gasteiger partial charge is 0.508 e. The van der Waals surface area contributed by atoms with Crippen LogP contribution in [0.1, 0.15) is 0 Å². The molecule has 0 spiro atoms. The number of alkyl halides is 3. The van der Waals surface area contributed by atoms with Crippen molar-refractivity contribution in [1.82, 2.24) is 4.98 Å². The van der Waals surface area contributed by atoms with E-state index in [1.807, 2.05) is 17.0 Å². The fraction of sp³-hybridized carbons (Fsp3) is 0.312. The standard InChI is InChI=1S/C16H16F3N3O2/c17-16(18,19)24-14-5-6-15(20-11-14)22-9-7-21(8-10-22)12-1-3-13(23)4-2-12/h1-6,11,23H,7-10H2. The molecule has 1 aliphatic rings. The highest BCUT2D eigenvalue weighted by Gasteiger charge is 2.31. The molecule has 0 aliphatic carbocycles. The van der Waals surface area contributed by atoms with Crippen molar-refractivity contribution in [2.75, 3.05) is 36.0 Å². The highest BCUT2D eigenvalue weighted by molar-refractivity contribution is 5.51. The van der Waals surface area contributed by atoms with E-state index in [0.29, 0.717) is 18.9 Å². The summed E-state index contributed by atoms with van der Waals surface area (Å²) in [6.07, 6.45) is -3.63. The molecular formula is C16H16F3N3O2. The molecule has 8 heteroatoms. The summed E-state index contributed by atoms with van der Waals surface area (Å²) in [7, 11) is 0. The highest BCUT2D eigenvalue weighted by Crippen LogP contribution is 2.25. The first-order chi connectivity index (χ1) is 11.4. The molecule has 128 valence electrons. The van der Waals surface area contributed by atoms with Gasteiger partial charge in [-0.2, -0.15) is 0 Å². The van der Waals surface area contributed by atoms with Crippen molar-refractivity contribution in [1.29, 1.82) is 0 Å². The Hall–Kier alpha value is -2.64. The number of nitrogens with zero attached hydrogens (tertiary/aromatic N) is 3. The van der Waals surface area contributed by atoms with Gasteiger partial charge in [-0.3, -0.25) is 0 Å². The van der Waals surface area contributed by atoms with Crippen molar-refractivity contribution in [2.24, 2.45) is 0 Å². The number of piperazine rings is 1. The number of hydrogen-bond donors (Lipinski definition) is 1. The van der Waals surface area contributed by atoms with E-state index in [9.17, 15) is 18.3 Å². The van der Waals surface area contributed by atoms with Crippen molar-refractivity contribution in [2.45, 2.75) is 6.36 Å². The summed E-state index contributed by atoms with van der Waals surface area (Å²) in [4.78, 5) is 8.23. The van der Waals surface area contributed by atoms with Crippen LogP contribution in [0, 0.1) is 0 Å². The number of rotatable bonds is 3. The van der Waals surface area contributed by atoms with Crippen molar-refractivity contribution >= 4 is 11.5 Å². The third kappa shape index (κ3) is 4.01. The minimum absolute atomic E-state index is 0.225. The molecule has 3 rings (SSSR count). The van der Waals surface area contributed by atoms with Crippen LogP contribution in [0.4, 0.5) is 24.7 Å². The number of halogens is 3. The normalized spacial score (nSPS) is 15.5. The number of aromatic nitrogens is 1. The number of pyridine rings is 1. The van der Waals surface area contributed by atoms with Crippen LogP contribution in [0.25, 0.3) is 0 Å². The minimum atomic E-state index is -4.71. The van der Waals surface area contributed by atoms with E-state index in [4.69, 9.17) is 0 Å². The molecular weight excluding hydrogens is 323 g/mol. The van der Waals surface area contributed by atoms with E-state index >= 15 is 0 Å². The lowest BCUT2D eigenvalue weighted by Gasteiger charge is -2.36. The van der Waals surface area contributed by atoms with Gasteiger partial charge in [-0.1, -0.05) is 0 Å². The summed E-state index contributed by atoms with van der Waals surface area (Å²) in [5, 5.41) is 9.32. The summed E-state index contributed by atoms with van der Waals surface area (Å²) in [5.74, 6) is 0.520. The lowest BCUT2D eigenvalue weighted by molar-refractivity contribution is -0.274. The van der Waals surface area contributed by atoms with Crippen LogP contribution >= 0.6 is 0 Å². The molecule has 0 atom stereocenters. The number of benzene rings is 1. The SMILES string of the molecule is Oc1ccc(N2CCN(c3ccc(OC(F)(F)F)cn3)CC2)cc1. The zero-order valence-electron chi connectivity index (χ0n) is 12.7. The molecule has 1 aromatic carbocycles. The second-order valence-electron chi connectivity index (χ2n) is 5.39. The predicted molar refractivity (Wildman–Crippen MR) is 83.5 cm³/mol. The molecule has 1 N–H and O–H groups in total. The van der Waals surface area contributed by atoms with Gasteiger partial charge in [-0.25, -0.2) is 4.98 Å². The summed E-state index contributed by atoms with van der Waals surface area (Å²) in [6.45, 7) is 2.92. The second kappa shape index (κ2) is 6.46. The molecule has 1 saturated heterocycles. The molecule has 0 radical (unpaired) electrons. The maximum absolute atomic E-state index is 12.1. The number of hydrogen-bond acceptors (Lipinski definition) is 5. The van der Waals surface area contributed by atoms with Gasteiger partial charge >= 0.3 is 6.36 Å². The van der Waals surface area contributed by atoms with Crippen LogP contribution in [0.15, 0.2) is 42.6 Å². The average molecular weight is 339 g/mol. The van der Waals surface area contributed by atoms with Gasteiger partial charge in [0.2, 0.25) is 0 Å². The van der Waals surface area contributed by atoms with Gasteiger partial charge in [0.05, 0.1) is 6.20 Å². The molecule has 1 fully saturated rings. The Morgan fingerprint density at radius 1 is 0.917 bits per heavy atom. The second-order valence-corrected chi connectivity index (χ2v) is 5.39. The van der Waals surface area contributed by atoms with Gasteiger partial charge in [0.1, 0.15) is 17.3 Å². The molecule has 0 bridgehead atoms. The topological polar surface area (TPSA) is 48.8 Å². The highest BCUT2D eigenvalue weighted by atomic mass is 19.4. The molecule has 1 aliphatic heterocycles. The molecule has 2 heterocycles. The Morgan fingerprint density at radius 3 is 2.08 bits per heavy atom. The van der Waals surface area contributed by atoms with Crippen molar-refractivity contribution < 1.29 is 23.0 Å². The Balaban J connectivity index is 1.59. The Labute approximate surface area is 136 Å².